The third-order valence-corrected chi connectivity index (χ3v) is 3.36. The lowest BCUT2D eigenvalue weighted by Crippen LogP contribution is -2.45. The Morgan fingerprint density at radius 1 is 1.29 bits per heavy atom. The molecule has 1 amide bonds. The van der Waals surface area contributed by atoms with Crippen LogP contribution in [0.5, 0.6) is 0 Å². The minimum atomic E-state index is -1.17. The molecule has 7 nitrogen and oxygen atoms in total. The van der Waals surface area contributed by atoms with Crippen molar-refractivity contribution in [3.63, 3.8) is 0 Å². The van der Waals surface area contributed by atoms with Crippen LogP contribution in [0.1, 0.15) is 33.3 Å². The van der Waals surface area contributed by atoms with Gasteiger partial charge in [0.2, 0.25) is 5.82 Å². The summed E-state index contributed by atoms with van der Waals surface area (Å²) in [4.78, 5) is 21.4. The lowest BCUT2D eigenvalue weighted by Gasteiger charge is -2.30. The molecule has 1 aromatic carbocycles. The Labute approximate surface area is 138 Å². The lowest BCUT2D eigenvalue weighted by atomic mass is 9.82. The van der Waals surface area contributed by atoms with E-state index in [4.69, 9.17) is 10.5 Å². The van der Waals surface area contributed by atoms with Crippen molar-refractivity contribution in [1.82, 2.24) is 5.32 Å². The van der Waals surface area contributed by atoms with Crippen molar-refractivity contribution in [1.29, 1.82) is 0 Å². The fraction of sp³-hybridized carbons (Fsp3) is 0.533. The Balaban J connectivity index is 3.05. The second-order valence-corrected chi connectivity index (χ2v) is 6.66. The molecule has 1 atom stereocenters. The Morgan fingerprint density at radius 2 is 1.88 bits per heavy atom. The van der Waals surface area contributed by atoms with E-state index in [1.165, 1.54) is 6.92 Å². The Morgan fingerprint density at radius 3 is 2.33 bits per heavy atom. The second kappa shape index (κ2) is 7.08. The molecule has 0 aromatic heterocycles. The predicted octanol–water partition coefficient (Wildman–Crippen LogP) is 2.61. The van der Waals surface area contributed by atoms with Gasteiger partial charge in [0.05, 0.1) is 11.0 Å². The fourth-order valence-corrected chi connectivity index (χ4v) is 2.00. The Kier molecular flexibility index (Phi) is 5.83. The van der Waals surface area contributed by atoms with Crippen LogP contribution in [0.2, 0.25) is 0 Å². The van der Waals surface area contributed by atoms with Crippen molar-refractivity contribution in [2.75, 3.05) is 13.1 Å². The number of amides is 1. The number of benzene rings is 1. The summed E-state index contributed by atoms with van der Waals surface area (Å²) >= 11 is 0. The largest absolute Gasteiger partial charge is 0.444 e. The standard InChI is InChI=1S/C15H21F2N3O4/c1-14(2,3)24-13(21)19-8-15(4,7-18)9-5-11(17)12(20(22)23)6-10(9)16/h5-6H,7-8,18H2,1-4H3,(H,19,21). The Bertz CT molecular complexity index is 646. The number of nitrogens with one attached hydrogen (secondary N) is 1. The molecule has 0 saturated heterocycles. The number of ether oxygens (including phenoxy) is 1. The first kappa shape index (κ1) is 19.8. The summed E-state index contributed by atoms with van der Waals surface area (Å²) in [5.41, 5.74) is 2.65. The van der Waals surface area contributed by atoms with Crippen molar-refractivity contribution in [2.24, 2.45) is 5.73 Å². The summed E-state index contributed by atoms with van der Waals surface area (Å²) in [6, 6.07) is 1.24. The molecule has 0 spiro atoms. The highest BCUT2D eigenvalue weighted by Crippen LogP contribution is 2.30. The summed E-state index contributed by atoms with van der Waals surface area (Å²) in [6.07, 6.45) is -0.732. The average molecular weight is 345 g/mol. The molecule has 0 aliphatic carbocycles. The molecule has 9 heteroatoms. The minimum absolute atomic E-state index is 0.128. The highest BCUT2D eigenvalue weighted by molar-refractivity contribution is 5.67. The zero-order valence-corrected chi connectivity index (χ0v) is 14.0. The predicted molar refractivity (Wildman–Crippen MR) is 83.7 cm³/mol. The molecule has 0 aliphatic rings. The van der Waals surface area contributed by atoms with Gasteiger partial charge in [-0.05, 0) is 26.8 Å². The number of alkyl carbamates (subject to hydrolysis) is 1. The second-order valence-electron chi connectivity index (χ2n) is 6.66. The number of rotatable bonds is 5. The summed E-state index contributed by atoms with van der Waals surface area (Å²) < 4.78 is 33.1. The monoisotopic (exact) mass is 345 g/mol. The normalized spacial score (nSPS) is 14.0. The number of nitro groups is 1. The number of carbonyl (C=O) groups is 1. The van der Waals surface area contributed by atoms with Gasteiger partial charge in [-0.1, -0.05) is 6.92 Å². The van der Waals surface area contributed by atoms with Gasteiger partial charge in [0.25, 0.3) is 0 Å². The van der Waals surface area contributed by atoms with Crippen molar-refractivity contribution in [3.05, 3.63) is 39.4 Å². The van der Waals surface area contributed by atoms with E-state index in [9.17, 15) is 23.7 Å². The molecule has 0 radical (unpaired) electrons. The SMILES string of the molecule is CC(C)(C)OC(=O)NCC(C)(CN)c1cc(F)c([N+](=O)[O-])cc1F. The van der Waals surface area contributed by atoms with Crippen LogP contribution in [0, 0.1) is 21.7 Å². The zero-order chi connectivity index (χ0) is 18.7. The maximum absolute atomic E-state index is 14.2. The van der Waals surface area contributed by atoms with Gasteiger partial charge in [-0.3, -0.25) is 10.1 Å². The van der Waals surface area contributed by atoms with E-state index < -0.39 is 39.4 Å². The fourth-order valence-electron chi connectivity index (χ4n) is 2.00. The molecular formula is C15H21F2N3O4. The zero-order valence-electron chi connectivity index (χ0n) is 14.0. The molecule has 0 saturated carbocycles. The molecule has 1 aromatic rings. The highest BCUT2D eigenvalue weighted by Gasteiger charge is 2.32. The van der Waals surface area contributed by atoms with Gasteiger partial charge >= 0.3 is 11.8 Å². The molecule has 0 heterocycles. The van der Waals surface area contributed by atoms with Crippen LogP contribution >= 0.6 is 0 Å². The van der Waals surface area contributed by atoms with E-state index >= 15 is 0 Å². The average Bonchev–Trinajstić information content (AvgIpc) is 2.44. The summed E-state index contributed by atoms with van der Waals surface area (Å²) in [5, 5.41) is 13.1. The van der Waals surface area contributed by atoms with Crippen molar-refractivity contribution in [2.45, 2.75) is 38.7 Å². The number of carbonyl (C=O) groups excluding carboxylic acids is 1. The molecule has 134 valence electrons. The van der Waals surface area contributed by atoms with Gasteiger partial charge in [-0.15, -0.1) is 0 Å². The number of nitrogens with two attached hydrogens (primary N) is 1. The summed E-state index contributed by atoms with van der Waals surface area (Å²) in [6.45, 7) is 6.29. The van der Waals surface area contributed by atoms with Gasteiger partial charge < -0.3 is 15.8 Å². The van der Waals surface area contributed by atoms with E-state index in [2.05, 4.69) is 5.32 Å². The summed E-state index contributed by atoms with van der Waals surface area (Å²) in [5.74, 6) is -2.14. The molecular weight excluding hydrogens is 324 g/mol. The van der Waals surface area contributed by atoms with Gasteiger partial charge in [-0.2, -0.15) is 4.39 Å². The summed E-state index contributed by atoms with van der Waals surface area (Å²) in [7, 11) is 0. The van der Waals surface area contributed by atoms with Gasteiger partial charge in [0.1, 0.15) is 11.4 Å². The smallest absolute Gasteiger partial charge is 0.407 e. The topological polar surface area (TPSA) is 107 Å². The highest BCUT2D eigenvalue weighted by atomic mass is 19.1. The lowest BCUT2D eigenvalue weighted by molar-refractivity contribution is -0.387. The number of nitrogens with zero attached hydrogens (tertiary/aromatic N) is 1. The Hall–Kier alpha value is -2.29. The maximum Gasteiger partial charge on any atom is 0.407 e. The van der Waals surface area contributed by atoms with E-state index in [1.54, 1.807) is 20.8 Å². The van der Waals surface area contributed by atoms with Crippen LogP contribution in [0.25, 0.3) is 0 Å². The van der Waals surface area contributed by atoms with E-state index in [0.29, 0.717) is 6.07 Å². The van der Waals surface area contributed by atoms with E-state index in [0.717, 1.165) is 6.07 Å². The minimum Gasteiger partial charge on any atom is -0.444 e. The van der Waals surface area contributed by atoms with Crippen molar-refractivity contribution < 1.29 is 23.2 Å². The van der Waals surface area contributed by atoms with Crippen LogP contribution in [0.15, 0.2) is 12.1 Å². The van der Waals surface area contributed by atoms with Gasteiger partial charge in [0, 0.05) is 24.1 Å². The molecule has 1 rings (SSSR count). The van der Waals surface area contributed by atoms with E-state index in [1.807, 2.05) is 0 Å². The van der Waals surface area contributed by atoms with Crippen LogP contribution in [-0.2, 0) is 10.2 Å². The third kappa shape index (κ3) is 4.85. The van der Waals surface area contributed by atoms with Crippen LogP contribution < -0.4 is 11.1 Å². The molecule has 3 N–H and O–H groups in total. The molecule has 0 fully saturated rings. The van der Waals surface area contributed by atoms with Crippen molar-refractivity contribution >= 4 is 11.8 Å². The van der Waals surface area contributed by atoms with E-state index in [-0.39, 0.29) is 18.7 Å². The van der Waals surface area contributed by atoms with Gasteiger partial charge in [-0.25, -0.2) is 9.18 Å². The number of hydrogen-bond acceptors (Lipinski definition) is 5. The number of halogens is 2. The molecule has 0 aliphatic heterocycles. The quantitative estimate of drug-likeness (QED) is 0.630. The molecule has 0 bridgehead atoms. The molecule has 1 unspecified atom stereocenters. The first-order valence-corrected chi connectivity index (χ1v) is 7.20. The number of hydrogen-bond donors (Lipinski definition) is 2. The van der Waals surface area contributed by atoms with Crippen LogP contribution in [0.3, 0.4) is 0 Å². The van der Waals surface area contributed by atoms with Gasteiger partial charge in [0.15, 0.2) is 0 Å². The molecule has 24 heavy (non-hydrogen) atoms. The number of nitro benzene ring substituents is 1. The first-order valence-electron chi connectivity index (χ1n) is 7.20. The van der Waals surface area contributed by atoms with Crippen molar-refractivity contribution in [3.8, 4) is 0 Å². The third-order valence-electron chi connectivity index (χ3n) is 3.36. The maximum atomic E-state index is 14.2. The van der Waals surface area contributed by atoms with Crippen LogP contribution in [-0.4, -0.2) is 29.7 Å². The first-order chi connectivity index (χ1) is 10.9. The van der Waals surface area contributed by atoms with Crippen LogP contribution in [0.4, 0.5) is 19.3 Å².